The number of hydrogen-bond donors (Lipinski definition) is 2. The van der Waals surface area contributed by atoms with Gasteiger partial charge in [0.05, 0.1) is 32.5 Å². The monoisotopic (exact) mass is 779 g/mol. The molecule has 0 saturated carbocycles. The predicted octanol–water partition coefficient (Wildman–Crippen LogP) is 10.1. The van der Waals surface area contributed by atoms with Crippen LogP contribution in [0.1, 0.15) is 54.7 Å². The fourth-order valence-corrected chi connectivity index (χ4v) is 10.3. The average molecular weight is 780 g/mol. The van der Waals surface area contributed by atoms with Crippen molar-refractivity contribution in [3.8, 4) is 11.5 Å². The zero-order valence-corrected chi connectivity index (χ0v) is 33.3. The maximum atomic E-state index is 12.0. The Hall–Kier alpha value is -6.35. The summed E-state index contributed by atoms with van der Waals surface area (Å²) >= 11 is -2.07. The molecule has 8 aromatic carbocycles. The van der Waals surface area contributed by atoms with Crippen LogP contribution in [0, 0.1) is 0 Å². The lowest BCUT2D eigenvalue weighted by Gasteiger charge is -2.28. The summed E-state index contributed by atoms with van der Waals surface area (Å²) in [5, 5.41) is 20.9. The van der Waals surface area contributed by atoms with Gasteiger partial charge in [0.15, 0.2) is 17.6 Å². The number of benzene rings is 8. The van der Waals surface area contributed by atoms with E-state index < -0.39 is 17.0 Å². The summed E-state index contributed by atoms with van der Waals surface area (Å²) < 4.78 is 31.7. The van der Waals surface area contributed by atoms with Crippen molar-refractivity contribution in [1.82, 2.24) is 4.58 Å². The van der Waals surface area contributed by atoms with E-state index in [1.165, 1.54) is 0 Å². The van der Waals surface area contributed by atoms with Crippen LogP contribution in [0.15, 0.2) is 126 Å². The number of rotatable bonds is 4. The number of carbonyl (C=O) groups is 1. The number of carboxylic acids is 1. The summed E-state index contributed by atoms with van der Waals surface area (Å²) in [4.78, 5) is 14.5. The molecule has 8 heteroatoms. The number of fused-ring (bicyclic) bond motifs is 14. The van der Waals surface area contributed by atoms with Crippen molar-refractivity contribution in [3.63, 3.8) is 0 Å². The summed E-state index contributed by atoms with van der Waals surface area (Å²) in [6.07, 6.45) is 2.37. The Morgan fingerprint density at radius 1 is 0.707 bits per heavy atom. The fourth-order valence-electron chi connectivity index (χ4n) is 9.95. The Labute approximate surface area is 337 Å². The van der Waals surface area contributed by atoms with E-state index in [4.69, 9.17) is 4.74 Å². The highest BCUT2D eigenvalue weighted by Crippen LogP contribution is 2.56. The van der Waals surface area contributed by atoms with Crippen molar-refractivity contribution in [2.75, 3.05) is 18.0 Å². The molecule has 0 fully saturated rings. The Balaban J connectivity index is 1.29. The van der Waals surface area contributed by atoms with Gasteiger partial charge in [-0.05, 0) is 113 Å². The van der Waals surface area contributed by atoms with E-state index in [2.05, 4.69) is 116 Å². The minimum absolute atomic E-state index is 0.253. The lowest BCUT2D eigenvalue weighted by atomic mass is 9.80. The first-order valence-electron chi connectivity index (χ1n) is 19.6. The minimum atomic E-state index is -2.07. The van der Waals surface area contributed by atoms with Crippen LogP contribution in [0.5, 0.6) is 11.5 Å². The van der Waals surface area contributed by atoms with E-state index >= 15 is 0 Å². The Morgan fingerprint density at radius 3 is 1.90 bits per heavy atom. The molecule has 0 saturated heterocycles. The third-order valence-electron chi connectivity index (χ3n) is 12.5. The van der Waals surface area contributed by atoms with Gasteiger partial charge in [-0.1, -0.05) is 62.4 Å². The highest BCUT2D eigenvalue weighted by Gasteiger charge is 2.46. The van der Waals surface area contributed by atoms with Crippen LogP contribution in [-0.4, -0.2) is 32.9 Å². The molecule has 1 atom stereocenters. The first-order valence-corrected chi connectivity index (χ1v) is 20.7. The Bertz CT molecular complexity index is 3320. The van der Waals surface area contributed by atoms with Gasteiger partial charge in [-0.25, -0.2) is 9.00 Å². The molecule has 58 heavy (non-hydrogen) atoms. The second-order valence-corrected chi connectivity index (χ2v) is 18.2. The first-order chi connectivity index (χ1) is 27.9. The average Bonchev–Trinajstić information content (AvgIpc) is 3.68. The lowest BCUT2D eigenvalue weighted by molar-refractivity contribution is 0.0697. The molecule has 7 nitrogen and oxygen atoms in total. The second-order valence-electron chi connectivity index (χ2n) is 17.2. The summed E-state index contributed by atoms with van der Waals surface area (Å²) in [5.41, 5.74) is 5.83. The van der Waals surface area contributed by atoms with E-state index in [0.29, 0.717) is 18.0 Å². The van der Waals surface area contributed by atoms with Gasteiger partial charge in [0.1, 0.15) is 11.5 Å². The first kappa shape index (κ1) is 34.9. The Kier molecular flexibility index (Phi) is 7.26. The molecular weight excluding hydrogens is 741 g/mol. The van der Waals surface area contributed by atoms with E-state index in [0.717, 1.165) is 98.9 Å². The number of aromatic carboxylic acids is 1. The number of anilines is 2. The van der Waals surface area contributed by atoms with Crippen molar-refractivity contribution in [2.45, 2.75) is 43.4 Å². The SMILES string of the molecule is CC1(C)CN(c2ccc(C(=O)O)cc2)c2c1c1c(c3cc4ccccc4cc23)C=c2c(c3c(c4cc5ccccc5cc24)=[N+](c2ccc(S(=O)O)cc2)CC3(C)C)O1. The zero-order valence-electron chi connectivity index (χ0n) is 32.5. The van der Waals surface area contributed by atoms with Crippen molar-refractivity contribution >= 4 is 83.3 Å². The molecule has 0 aromatic heterocycles. The molecule has 8 aromatic rings. The molecule has 11 rings (SSSR count). The largest absolute Gasteiger partial charge is 0.478 e. The number of ether oxygens (including phenoxy) is 1. The third-order valence-corrected chi connectivity index (χ3v) is 13.2. The van der Waals surface area contributed by atoms with Crippen LogP contribution in [0.4, 0.5) is 17.1 Å². The quantitative estimate of drug-likeness (QED) is 0.105. The van der Waals surface area contributed by atoms with Crippen molar-refractivity contribution in [1.29, 1.82) is 0 Å². The number of hydrogen-bond acceptors (Lipinski definition) is 4. The highest BCUT2D eigenvalue weighted by atomic mass is 32.2. The smallest absolute Gasteiger partial charge is 0.335 e. The van der Waals surface area contributed by atoms with Gasteiger partial charge < -0.3 is 19.3 Å². The third kappa shape index (κ3) is 4.98. The molecule has 0 aliphatic carbocycles. The Morgan fingerprint density at radius 2 is 1.29 bits per heavy atom. The highest BCUT2D eigenvalue weighted by molar-refractivity contribution is 7.79. The molecule has 0 spiro atoms. The molecule has 3 heterocycles. The standard InChI is InChI=1S/C50H38N2O5S/c1-49(2)26-51(33-15-13-28(14-16-33)48(53)54)44-38-23-31-11-7-5-9-29(31)21-36(38)40-25-41-37-22-30-10-6-8-12-32(30)24-39(37)45-43(47(41)57-46(40)42(44)49)50(3,4)27-52(45)34-17-19-35(20-18-34)58(55)56/h5-25H,26-27H2,1-4H3,(H-,53,54,55,56)/p+1. The second kappa shape index (κ2) is 12.1. The van der Waals surface area contributed by atoms with Crippen molar-refractivity contribution in [2.24, 2.45) is 0 Å². The molecular formula is C50H39N2O5S+. The summed E-state index contributed by atoms with van der Waals surface area (Å²) in [7, 11) is 0. The van der Waals surface area contributed by atoms with Crippen LogP contribution in [0.25, 0.3) is 49.2 Å². The maximum absolute atomic E-state index is 12.0. The van der Waals surface area contributed by atoms with Gasteiger partial charge in [0.2, 0.25) is 11.0 Å². The molecule has 0 amide bonds. The molecule has 284 valence electrons. The minimum Gasteiger partial charge on any atom is -0.478 e. The summed E-state index contributed by atoms with van der Waals surface area (Å²) in [5.74, 6) is 0.759. The fraction of sp³-hybridized carbons (Fsp3) is 0.160. The van der Waals surface area contributed by atoms with E-state index in [-0.39, 0.29) is 16.4 Å². The van der Waals surface area contributed by atoms with Crippen LogP contribution >= 0.6 is 0 Å². The van der Waals surface area contributed by atoms with Crippen LogP contribution in [0.2, 0.25) is 0 Å². The summed E-state index contributed by atoms with van der Waals surface area (Å²) in [6.45, 7) is 10.5. The molecule has 0 bridgehead atoms. The van der Waals surface area contributed by atoms with E-state index in [1.54, 1.807) is 24.3 Å². The van der Waals surface area contributed by atoms with Gasteiger partial charge in [0.25, 0.3) is 0 Å². The van der Waals surface area contributed by atoms with Gasteiger partial charge >= 0.3 is 5.97 Å². The van der Waals surface area contributed by atoms with Gasteiger partial charge in [-0.2, -0.15) is 4.58 Å². The van der Waals surface area contributed by atoms with Gasteiger partial charge in [0, 0.05) is 51.5 Å². The van der Waals surface area contributed by atoms with Crippen LogP contribution in [0.3, 0.4) is 0 Å². The van der Waals surface area contributed by atoms with Gasteiger partial charge in [-0.3, -0.25) is 0 Å². The molecule has 2 N–H and O–H groups in total. The predicted molar refractivity (Wildman–Crippen MR) is 234 cm³/mol. The van der Waals surface area contributed by atoms with Crippen LogP contribution in [-0.2, 0) is 21.9 Å². The summed E-state index contributed by atoms with van der Waals surface area (Å²) in [6, 6.07) is 40.7. The normalized spacial score (nSPS) is 16.5. The van der Waals surface area contributed by atoms with E-state index in [1.807, 2.05) is 24.3 Å². The maximum Gasteiger partial charge on any atom is 0.335 e. The number of carboxylic acid groups (broad SMARTS) is 1. The molecule has 3 aliphatic rings. The number of nitrogens with zero attached hydrogens (tertiary/aromatic N) is 2. The van der Waals surface area contributed by atoms with Crippen molar-refractivity contribution < 1.29 is 23.4 Å². The van der Waals surface area contributed by atoms with Crippen LogP contribution < -0.4 is 24.8 Å². The lowest BCUT2D eigenvalue weighted by Crippen LogP contribution is -2.29. The van der Waals surface area contributed by atoms with E-state index in [9.17, 15) is 18.7 Å². The molecule has 0 radical (unpaired) electrons. The zero-order chi connectivity index (χ0) is 39.8. The topological polar surface area (TPSA) is 90.1 Å². The van der Waals surface area contributed by atoms with Crippen molar-refractivity contribution in [3.05, 3.63) is 154 Å². The van der Waals surface area contributed by atoms with Gasteiger partial charge in [-0.15, -0.1) is 0 Å². The molecule has 1 unspecified atom stereocenters. The molecule has 3 aliphatic heterocycles.